The lowest BCUT2D eigenvalue weighted by Crippen LogP contribution is -2.06. The molecular weight excluding hydrogens is 202 g/mol. The molecule has 0 fully saturated rings. The van der Waals surface area contributed by atoms with E-state index in [1.165, 1.54) is 15.6 Å². The van der Waals surface area contributed by atoms with E-state index >= 15 is 0 Å². The summed E-state index contributed by atoms with van der Waals surface area (Å²) in [6.45, 7) is 2.19. The van der Waals surface area contributed by atoms with Crippen LogP contribution in [-0.4, -0.2) is 7.05 Å². The van der Waals surface area contributed by atoms with Crippen LogP contribution in [0.1, 0.15) is 11.8 Å². The topological polar surface area (TPSA) is 3.24 Å². The predicted octanol–water partition coefficient (Wildman–Crippen LogP) is 4.08. The Morgan fingerprint density at radius 2 is 1.80 bits per heavy atom. The second kappa shape index (κ2) is 4.49. The zero-order chi connectivity index (χ0) is 10.7. The van der Waals surface area contributed by atoms with Gasteiger partial charge in [0.2, 0.25) is 0 Å². The van der Waals surface area contributed by atoms with E-state index in [1.807, 2.05) is 17.4 Å². The van der Waals surface area contributed by atoms with Gasteiger partial charge in [-0.1, -0.05) is 25.1 Å². The fourth-order valence-corrected chi connectivity index (χ4v) is 2.44. The highest BCUT2D eigenvalue weighted by Gasteiger charge is 2.05. The second-order valence-electron chi connectivity index (χ2n) is 3.49. The Morgan fingerprint density at radius 1 is 1.07 bits per heavy atom. The van der Waals surface area contributed by atoms with Crippen molar-refractivity contribution in [2.24, 2.45) is 0 Å². The highest BCUT2D eigenvalue weighted by molar-refractivity contribution is 7.16. The van der Waals surface area contributed by atoms with E-state index in [9.17, 15) is 0 Å². The van der Waals surface area contributed by atoms with E-state index in [2.05, 4.69) is 55.3 Å². The van der Waals surface area contributed by atoms with Gasteiger partial charge in [0.15, 0.2) is 0 Å². The molecule has 78 valence electrons. The first-order valence-electron chi connectivity index (χ1n) is 5.18. The lowest BCUT2D eigenvalue weighted by Gasteiger charge is -2.16. The van der Waals surface area contributed by atoms with Gasteiger partial charge in [0.05, 0.1) is 5.00 Å². The molecule has 0 saturated heterocycles. The fourth-order valence-electron chi connectivity index (χ4n) is 1.52. The van der Waals surface area contributed by atoms with Crippen LogP contribution in [0.3, 0.4) is 0 Å². The summed E-state index contributed by atoms with van der Waals surface area (Å²) in [7, 11) is 2.11. The summed E-state index contributed by atoms with van der Waals surface area (Å²) in [4.78, 5) is 3.66. The Morgan fingerprint density at radius 3 is 2.40 bits per heavy atom. The Balaban J connectivity index is 2.24. The van der Waals surface area contributed by atoms with E-state index in [-0.39, 0.29) is 0 Å². The molecule has 0 N–H and O–H groups in total. The molecule has 2 heteroatoms. The first-order chi connectivity index (χ1) is 7.31. The van der Waals surface area contributed by atoms with Crippen LogP contribution in [0.25, 0.3) is 0 Å². The molecule has 0 aliphatic rings. The molecule has 0 radical (unpaired) electrons. The molecule has 15 heavy (non-hydrogen) atoms. The van der Waals surface area contributed by atoms with Gasteiger partial charge in [-0.3, -0.25) is 0 Å². The summed E-state index contributed by atoms with van der Waals surface area (Å²) in [6, 6.07) is 14.8. The van der Waals surface area contributed by atoms with E-state index in [4.69, 9.17) is 0 Å². The number of rotatable bonds is 3. The van der Waals surface area contributed by atoms with E-state index < -0.39 is 0 Å². The van der Waals surface area contributed by atoms with Gasteiger partial charge in [-0.2, -0.15) is 0 Å². The number of para-hydroxylation sites is 1. The first-order valence-corrected chi connectivity index (χ1v) is 6.00. The van der Waals surface area contributed by atoms with Crippen molar-refractivity contribution in [2.45, 2.75) is 13.3 Å². The van der Waals surface area contributed by atoms with Gasteiger partial charge in [-0.25, -0.2) is 0 Å². The van der Waals surface area contributed by atoms with Gasteiger partial charge < -0.3 is 4.90 Å². The number of hydrogen-bond donors (Lipinski definition) is 0. The molecule has 0 saturated carbocycles. The quantitative estimate of drug-likeness (QED) is 0.749. The number of benzene rings is 1. The molecule has 2 aromatic rings. The molecule has 0 unspecified atom stereocenters. The van der Waals surface area contributed by atoms with Crippen LogP contribution < -0.4 is 4.90 Å². The Labute approximate surface area is 95.0 Å². The molecule has 0 atom stereocenters. The molecule has 1 heterocycles. The summed E-state index contributed by atoms with van der Waals surface area (Å²) in [5.41, 5.74) is 1.24. The lowest BCUT2D eigenvalue weighted by atomic mass is 10.3. The van der Waals surface area contributed by atoms with Crippen LogP contribution in [-0.2, 0) is 6.42 Å². The van der Waals surface area contributed by atoms with Crippen LogP contribution >= 0.6 is 11.3 Å². The molecule has 0 bridgehead atoms. The lowest BCUT2D eigenvalue weighted by molar-refractivity contribution is 1.19. The van der Waals surface area contributed by atoms with Gasteiger partial charge in [0, 0.05) is 17.6 Å². The highest BCUT2D eigenvalue weighted by atomic mass is 32.1. The third-order valence-electron chi connectivity index (χ3n) is 2.47. The van der Waals surface area contributed by atoms with Crippen LogP contribution in [0, 0.1) is 0 Å². The first kappa shape index (κ1) is 10.2. The van der Waals surface area contributed by atoms with E-state index in [1.54, 1.807) is 0 Å². The maximum Gasteiger partial charge on any atom is 0.0953 e. The molecule has 0 spiro atoms. The average Bonchev–Trinajstić information content (AvgIpc) is 2.78. The average molecular weight is 217 g/mol. The molecule has 0 aliphatic heterocycles. The van der Waals surface area contributed by atoms with Crippen molar-refractivity contribution in [1.82, 2.24) is 0 Å². The molecule has 1 aromatic heterocycles. The molecule has 2 rings (SSSR count). The summed E-state index contributed by atoms with van der Waals surface area (Å²) >= 11 is 1.86. The normalized spacial score (nSPS) is 10.3. The van der Waals surface area contributed by atoms with Crippen molar-refractivity contribution < 1.29 is 0 Å². The summed E-state index contributed by atoms with van der Waals surface area (Å²) in [5, 5.41) is 1.30. The number of aryl methyl sites for hydroxylation is 1. The smallest absolute Gasteiger partial charge is 0.0953 e. The Hall–Kier alpha value is -1.28. The van der Waals surface area contributed by atoms with Gasteiger partial charge in [-0.05, 0) is 30.7 Å². The van der Waals surface area contributed by atoms with E-state index in [0.29, 0.717) is 0 Å². The third-order valence-corrected chi connectivity index (χ3v) is 3.78. The largest absolute Gasteiger partial charge is 0.336 e. The Bertz CT molecular complexity index is 419. The van der Waals surface area contributed by atoms with Crippen molar-refractivity contribution in [3.8, 4) is 0 Å². The van der Waals surface area contributed by atoms with E-state index in [0.717, 1.165) is 6.42 Å². The van der Waals surface area contributed by atoms with Crippen molar-refractivity contribution in [3.05, 3.63) is 47.3 Å². The van der Waals surface area contributed by atoms with Gasteiger partial charge >= 0.3 is 0 Å². The third kappa shape index (κ3) is 2.21. The van der Waals surface area contributed by atoms with Crippen LogP contribution in [0.4, 0.5) is 10.7 Å². The minimum Gasteiger partial charge on any atom is -0.336 e. The minimum atomic E-state index is 1.12. The maximum absolute atomic E-state index is 2.23. The molecule has 0 aliphatic carbocycles. The summed E-state index contributed by atoms with van der Waals surface area (Å²) < 4.78 is 0. The molecule has 1 nitrogen and oxygen atoms in total. The summed E-state index contributed by atoms with van der Waals surface area (Å²) in [5.74, 6) is 0. The number of hydrogen-bond acceptors (Lipinski definition) is 2. The van der Waals surface area contributed by atoms with Crippen molar-refractivity contribution in [1.29, 1.82) is 0 Å². The SMILES string of the molecule is CCc1ccc(N(C)c2ccccc2)s1. The minimum absolute atomic E-state index is 1.12. The second-order valence-corrected chi connectivity index (χ2v) is 4.63. The van der Waals surface area contributed by atoms with Crippen LogP contribution in [0.5, 0.6) is 0 Å². The zero-order valence-corrected chi connectivity index (χ0v) is 9.92. The monoisotopic (exact) mass is 217 g/mol. The number of thiophene rings is 1. The van der Waals surface area contributed by atoms with Gasteiger partial charge in [-0.15, -0.1) is 11.3 Å². The Kier molecular flexibility index (Phi) is 3.07. The highest BCUT2D eigenvalue weighted by Crippen LogP contribution is 2.30. The molecule has 1 aromatic carbocycles. The maximum atomic E-state index is 2.23. The van der Waals surface area contributed by atoms with Gasteiger partial charge in [0.1, 0.15) is 0 Å². The molecular formula is C13H15NS. The van der Waals surface area contributed by atoms with Crippen molar-refractivity contribution >= 4 is 22.0 Å². The van der Waals surface area contributed by atoms with Crippen LogP contribution in [0.2, 0.25) is 0 Å². The summed E-state index contributed by atoms with van der Waals surface area (Å²) in [6.07, 6.45) is 1.12. The standard InChI is InChI=1S/C13H15NS/c1-3-12-9-10-13(15-12)14(2)11-7-5-4-6-8-11/h4-10H,3H2,1-2H3. The van der Waals surface area contributed by atoms with Crippen LogP contribution in [0.15, 0.2) is 42.5 Å². The number of anilines is 2. The molecule has 0 amide bonds. The number of nitrogens with zero attached hydrogens (tertiary/aromatic N) is 1. The van der Waals surface area contributed by atoms with Crippen molar-refractivity contribution in [3.63, 3.8) is 0 Å². The predicted molar refractivity (Wildman–Crippen MR) is 68.2 cm³/mol. The van der Waals surface area contributed by atoms with Crippen molar-refractivity contribution in [2.75, 3.05) is 11.9 Å². The van der Waals surface area contributed by atoms with Gasteiger partial charge in [0.25, 0.3) is 0 Å². The zero-order valence-electron chi connectivity index (χ0n) is 9.10. The fraction of sp³-hybridized carbons (Fsp3) is 0.231.